The third-order valence-electron chi connectivity index (χ3n) is 5.31. The van der Waals surface area contributed by atoms with Crippen molar-refractivity contribution in [2.45, 2.75) is 13.1 Å². The Morgan fingerprint density at radius 3 is 2.79 bits per heavy atom. The summed E-state index contributed by atoms with van der Waals surface area (Å²) < 4.78 is 18.7. The molecule has 0 saturated carbocycles. The summed E-state index contributed by atoms with van der Waals surface area (Å²) in [6.07, 6.45) is 0. The van der Waals surface area contributed by atoms with Crippen LogP contribution in [0.25, 0.3) is 15.9 Å². The number of ether oxygens (including phenoxy) is 3. The Kier molecular flexibility index (Phi) is 5.35. The van der Waals surface area contributed by atoms with Gasteiger partial charge in [-0.3, -0.25) is 14.2 Å². The van der Waals surface area contributed by atoms with Crippen molar-refractivity contribution < 1.29 is 19.0 Å². The second-order valence-electron chi connectivity index (χ2n) is 7.28. The monoisotopic (exact) mass is 465 g/mol. The quantitative estimate of drug-likeness (QED) is 0.469. The second-order valence-corrected chi connectivity index (χ2v) is 8.20. The van der Waals surface area contributed by atoms with Crippen LogP contribution in [0.4, 0.5) is 0 Å². The number of hydrogen-bond donors (Lipinski definition) is 1. The minimum Gasteiger partial charge on any atom is -0.495 e. The van der Waals surface area contributed by atoms with Crippen LogP contribution in [0, 0.1) is 0 Å². The van der Waals surface area contributed by atoms with E-state index in [2.05, 4.69) is 5.32 Å². The zero-order valence-corrected chi connectivity index (χ0v) is 18.4. The van der Waals surface area contributed by atoms with Gasteiger partial charge < -0.3 is 19.5 Å². The first kappa shape index (κ1) is 20.8. The van der Waals surface area contributed by atoms with Gasteiger partial charge in [0, 0.05) is 6.54 Å². The molecule has 1 N–H and O–H groups in total. The lowest BCUT2D eigenvalue weighted by Gasteiger charge is -2.14. The van der Waals surface area contributed by atoms with E-state index in [0.717, 1.165) is 10.1 Å². The molecule has 4 aromatic rings. The van der Waals surface area contributed by atoms with E-state index in [0.29, 0.717) is 33.2 Å². The van der Waals surface area contributed by atoms with Crippen LogP contribution in [-0.4, -0.2) is 28.9 Å². The largest absolute Gasteiger partial charge is 0.495 e. The maximum Gasteiger partial charge on any atom is 0.336 e. The Balaban J connectivity index is 1.47. The van der Waals surface area contributed by atoms with Crippen LogP contribution in [0.2, 0.25) is 0 Å². The van der Waals surface area contributed by atoms with Gasteiger partial charge >= 0.3 is 5.69 Å². The fourth-order valence-corrected chi connectivity index (χ4v) is 4.54. The molecule has 0 unspecified atom stereocenters. The molecule has 5 rings (SSSR count). The third-order valence-corrected chi connectivity index (χ3v) is 6.20. The molecule has 9 nitrogen and oxygen atoms in total. The Labute approximate surface area is 191 Å². The Morgan fingerprint density at radius 2 is 1.94 bits per heavy atom. The van der Waals surface area contributed by atoms with Crippen molar-refractivity contribution in [3.05, 3.63) is 80.3 Å². The Bertz CT molecular complexity index is 1490. The van der Waals surface area contributed by atoms with Crippen LogP contribution >= 0.6 is 11.3 Å². The number of para-hydroxylation sites is 2. The van der Waals surface area contributed by atoms with Gasteiger partial charge in [0.25, 0.3) is 5.56 Å². The van der Waals surface area contributed by atoms with Crippen LogP contribution in [0.3, 0.4) is 0 Å². The number of nitrogens with zero attached hydrogens (tertiary/aromatic N) is 2. The van der Waals surface area contributed by atoms with Crippen LogP contribution in [0.15, 0.2) is 63.5 Å². The van der Waals surface area contributed by atoms with E-state index in [4.69, 9.17) is 14.2 Å². The smallest absolute Gasteiger partial charge is 0.336 e. The number of amides is 1. The zero-order chi connectivity index (χ0) is 22.9. The summed E-state index contributed by atoms with van der Waals surface area (Å²) in [7, 11) is 1.47. The van der Waals surface area contributed by atoms with Crippen molar-refractivity contribution in [3.63, 3.8) is 0 Å². The van der Waals surface area contributed by atoms with E-state index in [1.54, 1.807) is 47.8 Å². The molecule has 0 spiro atoms. The van der Waals surface area contributed by atoms with Gasteiger partial charge in [-0.25, -0.2) is 9.36 Å². The van der Waals surface area contributed by atoms with Crippen molar-refractivity contribution in [3.8, 4) is 22.9 Å². The van der Waals surface area contributed by atoms with Crippen molar-refractivity contribution >= 4 is 27.5 Å². The number of fused-ring (bicyclic) bond motifs is 2. The van der Waals surface area contributed by atoms with E-state index in [-0.39, 0.29) is 25.8 Å². The third kappa shape index (κ3) is 3.74. The molecule has 0 saturated heterocycles. The lowest BCUT2D eigenvalue weighted by Crippen LogP contribution is -2.41. The number of carbonyl (C=O) groups is 1. The summed E-state index contributed by atoms with van der Waals surface area (Å²) in [6, 6.07) is 13.8. The van der Waals surface area contributed by atoms with Crippen LogP contribution in [0.1, 0.15) is 5.56 Å². The zero-order valence-electron chi connectivity index (χ0n) is 17.6. The van der Waals surface area contributed by atoms with E-state index in [1.165, 1.54) is 23.0 Å². The molecular formula is C23H19N3O6S. The standard InChI is InChI=1S/C23H19N3O6S/c1-30-17-5-3-2-4-15(17)26-22(28)21-16(8-9-33-21)25(23(26)29)12-20(27)24-11-14-6-7-18-19(10-14)32-13-31-18/h2-10H,11-13H2,1H3,(H,24,27). The number of aromatic nitrogens is 2. The first-order chi connectivity index (χ1) is 16.1. The summed E-state index contributed by atoms with van der Waals surface area (Å²) in [6.45, 7) is 0.182. The molecule has 2 aromatic heterocycles. The van der Waals surface area contributed by atoms with Crippen molar-refractivity contribution in [1.82, 2.24) is 14.5 Å². The molecule has 10 heteroatoms. The normalized spacial score (nSPS) is 12.2. The molecule has 2 aromatic carbocycles. The molecule has 3 heterocycles. The summed E-state index contributed by atoms with van der Waals surface area (Å²) in [4.78, 5) is 39.2. The predicted octanol–water partition coefficient (Wildman–Crippen LogP) is 2.27. The van der Waals surface area contributed by atoms with E-state index in [1.807, 2.05) is 6.07 Å². The number of hydrogen-bond acceptors (Lipinski definition) is 7. The fourth-order valence-electron chi connectivity index (χ4n) is 3.72. The van der Waals surface area contributed by atoms with Gasteiger partial charge in [0.15, 0.2) is 11.5 Å². The first-order valence-electron chi connectivity index (χ1n) is 10.1. The van der Waals surface area contributed by atoms with Crippen molar-refractivity contribution in [2.24, 2.45) is 0 Å². The molecule has 0 aliphatic carbocycles. The lowest BCUT2D eigenvalue weighted by atomic mass is 10.2. The number of carbonyl (C=O) groups excluding carboxylic acids is 1. The SMILES string of the molecule is COc1ccccc1-n1c(=O)c2sccc2n(CC(=O)NCc2ccc3c(c2)OCO3)c1=O. The molecule has 0 fully saturated rings. The lowest BCUT2D eigenvalue weighted by molar-refractivity contribution is -0.121. The molecule has 0 atom stereocenters. The van der Waals surface area contributed by atoms with Crippen LogP contribution in [-0.2, 0) is 17.9 Å². The number of benzene rings is 2. The highest BCUT2D eigenvalue weighted by Gasteiger charge is 2.20. The average Bonchev–Trinajstić information content (AvgIpc) is 3.50. The maximum absolute atomic E-state index is 13.4. The molecule has 1 aliphatic rings. The van der Waals surface area contributed by atoms with Crippen LogP contribution in [0.5, 0.6) is 17.2 Å². The summed E-state index contributed by atoms with van der Waals surface area (Å²) >= 11 is 1.22. The summed E-state index contributed by atoms with van der Waals surface area (Å²) in [5, 5.41) is 4.54. The van der Waals surface area contributed by atoms with Gasteiger partial charge in [0.2, 0.25) is 12.7 Å². The number of methoxy groups -OCH3 is 1. The molecule has 1 amide bonds. The summed E-state index contributed by atoms with van der Waals surface area (Å²) in [5.74, 6) is 1.30. The van der Waals surface area contributed by atoms with Gasteiger partial charge in [0.1, 0.15) is 17.0 Å². The number of rotatable bonds is 6. The molecule has 0 radical (unpaired) electrons. The first-order valence-corrected chi connectivity index (χ1v) is 11.0. The van der Waals surface area contributed by atoms with Crippen molar-refractivity contribution in [1.29, 1.82) is 0 Å². The minimum absolute atomic E-state index is 0.173. The summed E-state index contributed by atoms with van der Waals surface area (Å²) in [5.41, 5.74) is 0.499. The number of nitrogens with one attached hydrogen (secondary N) is 1. The molecule has 33 heavy (non-hydrogen) atoms. The number of thiophene rings is 1. The maximum atomic E-state index is 13.4. The Morgan fingerprint density at radius 1 is 1.12 bits per heavy atom. The molecular weight excluding hydrogens is 446 g/mol. The molecule has 0 bridgehead atoms. The molecule has 168 valence electrons. The van der Waals surface area contributed by atoms with Gasteiger partial charge in [0.05, 0.1) is 18.3 Å². The van der Waals surface area contributed by atoms with Crippen molar-refractivity contribution in [2.75, 3.05) is 13.9 Å². The predicted molar refractivity (Wildman–Crippen MR) is 123 cm³/mol. The molecule has 1 aliphatic heterocycles. The highest BCUT2D eigenvalue weighted by molar-refractivity contribution is 7.17. The topological polar surface area (TPSA) is 101 Å². The second kappa shape index (κ2) is 8.47. The van der Waals surface area contributed by atoms with E-state index >= 15 is 0 Å². The van der Waals surface area contributed by atoms with Gasteiger partial charge in [-0.1, -0.05) is 18.2 Å². The minimum atomic E-state index is -0.617. The Hall–Kier alpha value is -4.05. The fraction of sp³-hybridized carbons (Fsp3) is 0.174. The highest BCUT2D eigenvalue weighted by Crippen LogP contribution is 2.32. The average molecular weight is 465 g/mol. The van der Waals surface area contributed by atoms with Gasteiger partial charge in [-0.05, 0) is 41.3 Å². The van der Waals surface area contributed by atoms with Gasteiger partial charge in [-0.2, -0.15) is 0 Å². The van der Waals surface area contributed by atoms with E-state index in [9.17, 15) is 14.4 Å². The van der Waals surface area contributed by atoms with E-state index < -0.39 is 11.2 Å². The van der Waals surface area contributed by atoms with Gasteiger partial charge in [-0.15, -0.1) is 11.3 Å². The highest BCUT2D eigenvalue weighted by atomic mass is 32.1. The van der Waals surface area contributed by atoms with Crippen LogP contribution < -0.4 is 30.8 Å².